The lowest BCUT2D eigenvalue weighted by Crippen LogP contribution is -2.49. The van der Waals surface area contributed by atoms with E-state index in [1.54, 1.807) is 7.11 Å². The summed E-state index contributed by atoms with van der Waals surface area (Å²) in [6, 6.07) is 10.8. The van der Waals surface area contributed by atoms with Gasteiger partial charge in [0.15, 0.2) is 11.6 Å². The minimum Gasteiger partial charge on any atom is -0.495 e. The molecule has 0 unspecified atom stereocenters. The van der Waals surface area contributed by atoms with Gasteiger partial charge in [0, 0.05) is 51.0 Å². The summed E-state index contributed by atoms with van der Waals surface area (Å²) in [6.45, 7) is 4.18. The van der Waals surface area contributed by atoms with E-state index in [1.807, 2.05) is 24.3 Å². The van der Waals surface area contributed by atoms with Gasteiger partial charge in [-0.25, -0.2) is 8.78 Å². The zero-order valence-corrected chi connectivity index (χ0v) is 16.7. The molecular formula is C21H24F2N4O3. The van der Waals surface area contributed by atoms with E-state index >= 15 is 0 Å². The molecule has 0 atom stereocenters. The molecule has 0 aliphatic carbocycles. The number of para-hydroxylation sites is 2. The number of halogens is 2. The largest absolute Gasteiger partial charge is 0.495 e. The predicted octanol–water partition coefficient (Wildman–Crippen LogP) is 1.85. The first-order valence-corrected chi connectivity index (χ1v) is 9.62. The molecule has 1 heterocycles. The summed E-state index contributed by atoms with van der Waals surface area (Å²) in [5.74, 6) is -3.04. The second-order valence-corrected chi connectivity index (χ2v) is 6.84. The molecule has 2 aromatic carbocycles. The summed E-state index contributed by atoms with van der Waals surface area (Å²) >= 11 is 0. The lowest BCUT2D eigenvalue weighted by atomic mass is 10.2. The molecule has 160 valence electrons. The van der Waals surface area contributed by atoms with Crippen LogP contribution in [0.2, 0.25) is 0 Å². The predicted molar refractivity (Wildman–Crippen MR) is 110 cm³/mol. The first-order valence-electron chi connectivity index (χ1n) is 9.62. The Hall–Kier alpha value is -3.20. The fraction of sp³-hybridized carbons (Fsp3) is 0.333. The highest BCUT2D eigenvalue weighted by Crippen LogP contribution is 2.28. The highest BCUT2D eigenvalue weighted by Gasteiger charge is 2.20. The van der Waals surface area contributed by atoms with Crippen molar-refractivity contribution in [3.63, 3.8) is 0 Å². The fourth-order valence-corrected chi connectivity index (χ4v) is 3.27. The number of piperazine rings is 1. The minimum atomic E-state index is -1.10. The summed E-state index contributed by atoms with van der Waals surface area (Å²) in [5, 5.41) is 4.79. The topological polar surface area (TPSA) is 73.9 Å². The molecule has 3 rings (SSSR count). The quantitative estimate of drug-likeness (QED) is 0.701. The van der Waals surface area contributed by atoms with Crippen LogP contribution in [0.3, 0.4) is 0 Å². The summed E-state index contributed by atoms with van der Waals surface area (Å²) in [5.41, 5.74) is 1.07. The molecular weight excluding hydrogens is 394 g/mol. The standard InChI is InChI=1S/C21H24F2N4O3/c1-30-19-5-3-2-4-18(19)27-12-10-26(11-13-27)9-8-24-20(28)21(29)25-15-6-7-16(22)17(23)14-15/h2-7,14H,8-13H2,1H3,(H,24,28)(H,25,29). The molecule has 9 heteroatoms. The lowest BCUT2D eigenvalue weighted by Gasteiger charge is -2.36. The van der Waals surface area contributed by atoms with Crippen molar-refractivity contribution in [2.45, 2.75) is 0 Å². The third kappa shape index (κ3) is 5.44. The Morgan fingerprint density at radius 3 is 2.43 bits per heavy atom. The number of nitrogens with one attached hydrogen (secondary N) is 2. The Kier molecular flexibility index (Phi) is 7.18. The van der Waals surface area contributed by atoms with Crippen molar-refractivity contribution in [2.24, 2.45) is 0 Å². The van der Waals surface area contributed by atoms with Gasteiger partial charge in [-0.1, -0.05) is 12.1 Å². The van der Waals surface area contributed by atoms with E-state index in [0.717, 1.165) is 49.7 Å². The SMILES string of the molecule is COc1ccccc1N1CCN(CCNC(=O)C(=O)Nc2ccc(F)c(F)c2)CC1. The summed E-state index contributed by atoms with van der Waals surface area (Å²) in [4.78, 5) is 28.2. The molecule has 1 aliphatic rings. The van der Waals surface area contributed by atoms with Crippen molar-refractivity contribution in [1.29, 1.82) is 0 Å². The molecule has 0 radical (unpaired) electrons. The van der Waals surface area contributed by atoms with Gasteiger partial charge in [-0.15, -0.1) is 0 Å². The van der Waals surface area contributed by atoms with Crippen LogP contribution in [-0.2, 0) is 9.59 Å². The molecule has 2 aromatic rings. The first kappa shape index (κ1) is 21.5. The number of hydrogen-bond donors (Lipinski definition) is 2. The third-order valence-electron chi connectivity index (χ3n) is 4.90. The number of amides is 2. The summed E-state index contributed by atoms with van der Waals surface area (Å²) < 4.78 is 31.5. The van der Waals surface area contributed by atoms with Gasteiger partial charge in [0.05, 0.1) is 12.8 Å². The van der Waals surface area contributed by atoms with Crippen LogP contribution >= 0.6 is 0 Å². The summed E-state index contributed by atoms with van der Waals surface area (Å²) in [6.07, 6.45) is 0. The molecule has 2 N–H and O–H groups in total. The van der Waals surface area contributed by atoms with E-state index in [9.17, 15) is 18.4 Å². The van der Waals surface area contributed by atoms with Gasteiger partial charge in [0.1, 0.15) is 5.75 Å². The van der Waals surface area contributed by atoms with E-state index in [2.05, 4.69) is 20.4 Å². The van der Waals surface area contributed by atoms with Crippen LogP contribution < -0.4 is 20.3 Å². The number of rotatable bonds is 6. The number of nitrogens with zero attached hydrogens (tertiary/aromatic N) is 2. The average Bonchev–Trinajstić information content (AvgIpc) is 2.76. The first-order chi connectivity index (χ1) is 14.5. The van der Waals surface area contributed by atoms with E-state index in [4.69, 9.17) is 4.74 Å². The van der Waals surface area contributed by atoms with Gasteiger partial charge >= 0.3 is 11.8 Å². The number of carbonyl (C=O) groups excluding carboxylic acids is 2. The van der Waals surface area contributed by atoms with Gasteiger partial charge in [-0.2, -0.15) is 0 Å². The maximum absolute atomic E-state index is 13.2. The molecule has 7 nitrogen and oxygen atoms in total. The van der Waals surface area contributed by atoms with Crippen LogP contribution in [0.4, 0.5) is 20.2 Å². The van der Waals surface area contributed by atoms with Crippen LogP contribution in [-0.4, -0.2) is 63.1 Å². The molecule has 1 fully saturated rings. The number of carbonyl (C=O) groups is 2. The molecule has 0 bridgehead atoms. The van der Waals surface area contributed by atoms with Crippen molar-refractivity contribution in [2.75, 3.05) is 56.6 Å². The minimum absolute atomic E-state index is 0.0153. The van der Waals surface area contributed by atoms with Crippen LogP contribution in [0.1, 0.15) is 0 Å². The Morgan fingerprint density at radius 2 is 1.73 bits per heavy atom. The second-order valence-electron chi connectivity index (χ2n) is 6.84. The number of methoxy groups -OCH3 is 1. The molecule has 0 spiro atoms. The van der Waals surface area contributed by atoms with Gasteiger partial charge in [-0.3, -0.25) is 14.5 Å². The maximum atomic E-state index is 13.2. The van der Waals surface area contributed by atoms with Gasteiger partial charge in [0.25, 0.3) is 0 Å². The van der Waals surface area contributed by atoms with Gasteiger partial charge in [-0.05, 0) is 24.3 Å². The molecule has 30 heavy (non-hydrogen) atoms. The highest BCUT2D eigenvalue weighted by molar-refractivity contribution is 6.39. The monoisotopic (exact) mass is 418 g/mol. The Bertz CT molecular complexity index is 902. The van der Waals surface area contributed by atoms with Crippen molar-refractivity contribution in [3.05, 3.63) is 54.1 Å². The zero-order chi connectivity index (χ0) is 21.5. The Labute approximate surface area is 173 Å². The van der Waals surface area contributed by atoms with Crippen LogP contribution in [0.25, 0.3) is 0 Å². The fourth-order valence-electron chi connectivity index (χ4n) is 3.27. The molecule has 0 aromatic heterocycles. The Balaban J connectivity index is 1.40. The van der Waals surface area contributed by atoms with Crippen molar-refractivity contribution in [1.82, 2.24) is 10.2 Å². The number of anilines is 2. The zero-order valence-electron chi connectivity index (χ0n) is 16.7. The van der Waals surface area contributed by atoms with Gasteiger partial charge < -0.3 is 20.3 Å². The van der Waals surface area contributed by atoms with Crippen LogP contribution in [0, 0.1) is 11.6 Å². The number of benzene rings is 2. The third-order valence-corrected chi connectivity index (χ3v) is 4.90. The second kappa shape index (κ2) is 10.0. The lowest BCUT2D eigenvalue weighted by molar-refractivity contribution is -0.136. The molecule has 1 saturated heterocycles. The van der Waals surface area contributed by atoms with Crippen molar-refractivity contribution in [3.8, 4) is 5.75 Å². The highest BCUT2D eigenvalue weighted by atomic mass is 19.2. The maximum Gasteiger partial charge on any atom is 0.313 e. The van der Waals surface area contributed by atoms with E-state index in [0.29, 0.717) is 13.1 Å². The van der Waals surface area contributed by atoms with Crippen LogP contribution in [0.5, 0.6) is 5.75 Å². The summed E-state index contributed by atoms with van der Waals surface area (Å²) in [7, 11) is 1.65. The van der Waals surface area contributed by atoms with E-state index in [-0.39, 0.29) is 5.69 Å². The Morgan fingerprint density at radius 1 is 1.00 bits per heavy atom. The number of ether oxygens (including phenoxy) is 1. The molecule has 1 aliphatic heterocycles. The smallest absolute Gasteiger partial charge is 0.313 e. The molecule has 0 saturated carbocycles. The van der Waals surface area contributed by atoms with E-state index in [1.165, 1.54) is 6.07 Å². The van der Waals surface area contributed by atoms with Crippen molar-refractivity contribution >= 4 is 23.2 Å². The molecule has 2 amide bonds. The van der Waals surface area contributed by atoms with Gasteiger partial charge in [0.2, 0.25) is 0 Å². The van der Waals surface area contributed by atoms with Crippen LogP contribution in [0.15, 0.2) is 42.5 Å². The number of hydrogen-bond acceptors (Lipinski definition) is 5. The van der Waals surface area contributed by atoms with E-state index < -0.39 is 23.4 Å². The average molecular weight is 418 g/mol. The van der Waals surface area contributed by atoms with Crippen molar-refractivity contribution < 1.29 is 23.1 Å². The normalized spacial score (nSPS) is 14.3.